The lowest BCUT2D eigenvalue weighted by Gasteiger charge is -2.35. The van der Waals surface area contributed by atoms with E-state index < -0.39 is 5.60 Å². The predicted octanol–water partition coefficient (Wildman–Crippen LogP) is 2.66. The molecule has 1 rings (SSSR count). The summed E-state index contributed by atoms with van der Waals surface area (Å²) in [5.41, 5.74) is -0.685. The second-order valence-corrected chi connectivity index (χ2v) is 7.44. The molecule has 0 bridgehead atoms. The van der Waals surface area contributed by atoms with E-state index in [1.807, 2.05) is 20.8 Å². The summed E-state index contributed by atoms with van der Waals surface area (Å²) in [6, 6.07) is 0. The van der Waals surface area contributed by atoms with E-state index in [1.54, 1.807) is 0 Å². The minimum atomic E-state index is -0.458. The molecule has 1 amide bonds. The molecule has 5 heteroatoms. The Morgan fingerprint density at radius 3 is 2.27 bits per heavy atom. The number of nitrogens with one attached hydrogen (secondary N) is 3. The number of piperidine rings is 1. The zero-order chi connectivity index (χ0) is 16.6. The van der Waals surface area contributed by atoms with Crippen molar-refractivity contribution >= 4 is 6.09 Å². The molecule has 3 N–H and O–H groups in total. The second kappa shape index (κ2) is 8.73. The summed E-state index contributed by atoms with van der Waals surface area (Å²) >= 11 is 0. The van der Waals surface area contributed by atoms with Crippen LogP contribution < -0.4 is 16.0 Å². The Morgan fingerprint density at radius 2 is 1.77 bits per heavy atom. The van der Waals surface area contributed by atoms with Crippen molar-refractivity contribution in [2.75, 3.05) is 26.2 Å². The van der Waals surface area contributed by atoms with Crippen LogP contribution in [0.2, 0.25) is 0 Å². The van der Waals surface area contributed by atoms with Gasteiger partial charge in [-0.15, -0.1) is 0 Å². The molecule has 0 atom stereocenters. The SMILES string of the molecule is CCC(CC)(CNCC1CCNCC1)NC(=O)OC(C)(C)C. The number of hydrogen-bond acceptors (Lipinski definition) is 4. The quantitative estimate of drug-likeness (QED) is 0.676. The molecule has 0 unspecified atom stereocenters. The second-order valence-electron chi connectivity index (χ2n) is 7.44. The van der Waals surface area contributed by atoms with Gasteiger partial charge >= 0.3 is 6.09 Å². The fourth-order valence-corrected chi connectivity index (χ4v) is 2.84. The number of hydrogen-bond donors (Lipinski definition) is 3. The maximum atomic E-state index is 12.1. The van der Waals surface area contributed by atoms with Gasteiger partial charge in [0.1, 0.15) is 5.60 Å². The summed E-state index contributed by atoms with van der Waals surface area (Å²) in [7, 11) is 0. The molecule has 130 valence electrons. The molecule has 5 nitrogen and oxygen atoms in total. The highest BCUT2D eigenvalue weighted by Gasteiger charge is 2.30. The lowest BCUT2D eigenvalue weighted by Crippen LogP contribution is -2.55. The highest BCUT2D eigenvalue weighted by molar-refractivity contribution is 5.68. The molecule has 0 aromatic rings. The predicted molar refractivity (Wildman–Crippen MR) is 91.1 cm³/mol. The molecule has 1 saturated heterocycles. The summed E-state index contributed by atoms with van der Waals surface area (Å²) in [6.07, 6.45) is 3.93. The van der Waals surface area contributed by atoms with Gasteiger partial charge in [-0.3, -0.25) is 0 Å². The van der Waals surface area contributed by atoms with E-state index in [-0.39, 0.29) is 11.6 Å². The first-order valence-electron chi connectivity index (χ1n) is 8.73. The Balaban J connectivity index is 2.45. The Morgan fingerprint density at radius 1 is 1.18 bits per heavy atom. The van der Waals surface area contributed by atoms with Gasteiger partial charge in [0.15, 0.2) is 0 Å². The molecule has 0 aromatic carbocycles. The molecular weight excluding hydrogens is 278 g/mol. The van der Waals surface area contributed by atoms with Crippen molar-refractivity contribution in [1.82, 2.24) is 16.0 Å². The zero-order valence-electron chi connectivity index (χ0n) is 15.1. The Hall–Kier alpha value is -0.810. The summed E-state index contributed by atoms with van der Waals surface area (Å²) in [4.78, 5) is 12.1. The Bertz CT molecular complexity index is 329. The lowest BCUT2D eigenvalue weighted by molar-refractivity contribution is 0.0445. The first kappa shape index (κ1) is 19.2. The largest absolute Gasteiger partial charge is 0.444 e. The van der Waals surface area contributed by atoms with E-state index in [9.17, 15) is 4.79 Å². The van der Waals surface area contributed by atoms with Gasteiger partial charge < -0.3 is 20.7 Å². The fraction of sp³-hybridized carbons (Fsp3) is 0.941. The van der Waals surface area contributed by atoms with Gasteiger partial charge in [0.2, 0.25) is 0 Å². The van der Waals surface area contributed by atoms with E-state index in [0.717, 1.165) is 44.9 Å². The van der Waals surface area contributed by atoms with Crippen LogP contribution in [0.25, 0.3) is 0 Å². The van der Waals surface area contributed by atoms with Gasteiger partial charge in [0.05, 0.1) is 5.54 Å². The van der Waals surface area contributed by atoms with Crippen LogP contribution in [-0.2, 0) is 4.74 Å². The Kier molecular flexibility index (Phi) is 7.63. The highest BCUT2D eigenvalue weighted by atomic mass is 16.6. The number of ether oxygens (including phenoxy) is 1. The number of rotatable bonds is 7. The van der Waals surface area contributed by atoms with Gasteiger partial charge in [-0.25, -0.2) is 4.79 Å². The molecule has 1 fully saturated rings. The average Bonchev–Trinajstić information content (AvgIpc) is 2.45. The van der Waals surface area contributed by atoms with Crippen LogP contribution in [0.3, 0.4) is 0 Å². The number of alkyl carbamates (subject to hydrolysis) is 1. The zero-order valence-corrected chi connectivity index (χ0v) is 15.1. The number of amides is 1. The third kappa shape index (κ3) is 6.97. The van der Waals surface area contributed by atoms with Crippen molar-refractivity contribution in [3.63, 3.8) is 0 Å². The van der Waals surface area contributed by atoms with Gasteiger partial charge in [-0.05, 0) is 72.0 Å². The van der Waals surface area contributed by atoms with Gasteiger partial charge in [0.25, 0.3) is 0 Å². The molecular formula is C17H35N3O2. The minimum Gasteiger partial charge on any atom is -0.444 e. The van der Waals surface area contributed by atoms with Crippen LogP contribution in [0, 0.1) is 5.92 Å². The number of carbonyl (C=O) groups is 1. The van der Waals surface area contributed by atoms with E-state index >= 15 is 0 Å². The van der Waals surface area contributed by atoms with Crippen LogP contribution in [0.4, 0.5) is 4.79 Å². The standard InChI is InChI=1S/C17H35N3O2/c1-6-17(7-2,20-15(21)22-16(3,4)5)13-19-12-14-8-10-18-11-9-14/h14,18-19H,6-13H2,1-5H3,(H,20,21). The first-order valence-corrected chi connectivity index (χ1v) is 8.73. The summed E-state index contributed by atoms with van der Waals surface area (Å²) < 4.78 is 5.41. The third-order valence-corrected chi connectivity index (χ3v) is 4.47. The van der Waals surface area contributed by atoms with Crippen molar-refractivity contribution in [3.05, 3.63) is 0 Å². The van der Waals surface area contributed by atoms with E-state index in [1.165, 1.54) is 12.8 Å². The van der Waals surface area contributed by atoms with Crippen molar-refractivity contribution in [3.8, 4) is 0 Å². The van der Waals surface area contributed by atoms with Gasteiger partial charge in [-0.2, -0.15) is 0 Å². The molecule has 1 aliphatic rings. The van der Waals surface area contributed by atoms with Crippen LogP contribution in [0.5, 0.6) is 0 Å². The summed E-state index contributed by atoms with van der Waals surface area (Å²) in [5.74, 6) is 0.745. The van der Waals surface area contributed by atoms with Gasteiger partial charge in [0, 0.05) is 6.54 Å². The van der Waals surface area contributed by atoms with Crippen molar-refractivity contribution in [2.24, 2.45) is 5.92 Å². The molecule has 0 aromatic heterocycles. The van der Waals surface area contributed by atoms with Crippen molar-refractivity contribution < 1.29 is 9.53 Å². The Labute approximate surface area is 135 Å². The molecule has 0 radical (unpaired) electrons. The first-order chi connectivity index (χ1) is 10.3. The number of carbonyl (C=O) groups excluding carboxylic acids is 1. The molecule has 22 heavy (non-hydrogen) atoms. The fourth-order valence-electron chi connectivity index (χ4n) is 2.84. The van der Waals surface area contributed by atoms with Crippen molar-refractivity contribution in [1.29, 1.82) is 0 Å². The average molecular weight is 313 g/mol. The van der Waals surface area contributed by atoms with Gasteiger partial charge in [-0.1, -0.05) is 13.8 Å². The van der Waals surface area contributed by atoms with Crippen LogP contribution >= 0.6 is 0 Å². The normalized spacial score (nSPS) is 17.3. The monoisotopic (exact) mass is 313 g/mol. The van der Waals surface area contributed by atoms with E-state index in [4.69, 9.17) is 4.74 Å². The topological polar surface area (TPSA) is 62.4 Å². The van der Waals surface area contributed by atoms with E-state index in [2.05, 4.69) is 29.8 Å². The molecule has 0 spiro atoms. The van der Waals surface area contributed by atoms with E-state index in [0.29, 0.717) is 0 Å². The molecule has 0 saturated carbocycles. The molecule has 1 heterocycles. The molecule has 0 aliphatic carbocycles. The highest BCUT2D eigenvalue weighted by Crippen LogP contribution is 2.17. The minimum absolute atomic E-state index is 0.227. The maximum absolute atomic E-state index is 12.1. The van der Waals surface area contributed by atoms with Crippen LogP contribution in [0.1, 0.15) is 60.3 Å². The smallest absolute Gasteiger partial charge is 0.408 e. The van der Waals surface area contributed by atoms with Crippen LogP contribution in [0.15, 0.2) is 0 Å². The summed E-state index contributed by atoms with van der Waals surface area (Å²) in [6.45, 7) is 14.0. The third-order valence-electron chi connectivity index (χ3n) is 4.47. The maximum Gasteiger partial charge on any atom is 0.408 e. The lowest BCUT2D eigenvalue weighted by atomic mass is 9.92. The summed E-state index contributed by atoms with van der Waals surface area (Å²) in [5, 5.41) is 10.0. The van der Waals surface area contributed by atoms with Crippen LogP contribution in [-0.4, -0.2) is 43.4 Å². The molecule has 1 aliphatic heterocycles. The van der Waals surface area contributed by atoms with Crippen molar-refractivity contribution in [2.45, 2.75) is 71.4 Å².